The lowest BCUT2D eigenvalue weighted by atomic mass is 10.2. The van der Waals surface area contributed by atoms with Crippen LogP contribution in [0.3, 0.4) is 0 Å². The van der Waals surface area contributed by atoms with E-state index >= 15 is 0 Å². The first kappa shape index (κ1) is 18.5. The average molecular weight is 340 g/mol. The zero-order chi connectivity index (χ0) is 17.9. The first-order valence-electron chi connectivity index (χ1n) is 8.49. The lowest BCUT2D eigenvalue weighted by Gasteiger charge is -2.08. The van der Waals surface area contributed by atoms with Crippen molar-refractivity contribution in [1.82, 2.24) is 5.32 Å². The van der Waals surface area contributed by atoms with Crippen molar-refractivity contribution in [2.45, 2.75) is 26.2 Å². The van der Waals surface area contributed by atoms with Crippen LogP contribution in [-0.2, 0) is 4.79 Å². The molecular weight excluding hydrogens is 316 g/mol. The predicted molar refractivity (Wildman–Crippen MR) is 98.9 cm³/mol. The van der Waals surface area contributed by atoms with Crippen molar-refractivity contribution in [1.29, 1.82) is 0 Å². The molecule has 0 saturated carbocycles. The van der Waals surface area contributed by atoms with Gasteiger partial charge in [0.1, 0.15) is 5.75 Å². The zero-order valence-corrected chi connectivity index (χ0v) is 14.5. The maximum atomic E-state index is 11.9. The van der Waals surface area contributed by atoms with Crippen LogP contribution in [0.1, 0.15) is 36.5 Å². The molecule has 0 aromatic heterocycles. The highest BCUT2D eigenvalue weighted by Gasteiger charge is 2.02. The van der Waals surface area contributed by atoms with Gasteiger partial charge in [-0.15, -0.1) is 0 Å². The van der Waals surface area contributed by atoms with Crippen LogP contribution < -0.4 is 15.4 Å². The normalized spacial score (nSPS) is 10.1. The molecule has 0 aliphatic rings. The Hall–Kier alpha value is -2.82. The van der Waals surface area contributed by atoms with Crippen molar-refractivity contribution in [3.8, 4) is 5.75 Å². The molecule has 2 N–H and O–H groups in total. The first-order chi connectivity index (χ1) is 12.1. The van der Waals surface area contributed by atoms with E-state index in [2.05, 4.69) is 10.6 Å². The summed E-state index contributed by atoms with van der Waals surface area (Å²) < 4.78 is 5.66. The molecule has 2 amide bonds. The van der Waals surface area contributed by atoms with Crippen LogP contribution in [-0.4, -0.2) is 25.0 Å². The van der Waals surface area contributed by atoms with Gasteiger partial charge in [0.15, 0.2) is 0 Å². The molecule has 25 heavy (non-hydrogen) atoms. The summed E-state index contributed by atoms with van der Waals surface area (Å²) in [5.74, 6) is 0.663. The van der Waals surface area contributed by atoms with Crippen molar-refractivity contribution in [2.75, 3.05) is 18.5 Å². The average Bonchev–Trinajstić information content (AvgIpc) is 2.62. The van der Waals surface area contributed by atoms with Crippen molar-refractivity contribution < 1.29 is 14.3 Å². The van der Waals surface area contributed by atoms with Gasteiger partial charge in [0.05, 0.1) is 6.61 Å². The zero-order valence-electron chi connectivity index (χ0n) is 14.5. The fourth-order valence-corrected chi connectivity index (χ4v) is 2.33. The van der Waals surface area contributed by atoms with E-state index in [4.69, 9.17) is 4.74 Å². The van der Waals surface area contributed by atoms with Crippen LogP contribution in [0.15, 0.2) is 54.6 Å². The van der Waals surface area contributed by atoms with E-state index in [1.165, 1.54) is 6.92 Å². The van der Waals surface area contributed by atoms with Crippen LogP contribution >= 0.6 is 0 Å². The minimum absolute atomic E-state index is 0.0314. The minimum atomic E-state index is -0.0898. The molecule has 0 atom stereocenters. The number of amides is 2. The Morgan fingerprint density at radius 1 is 0.920 bits per heavy atom. The van der Waals surface area contributed by atoms with Gasteiger partial charge in [-0.25, -0.2) is 0 Å². The fourth-order valence-electron chi connectivity index (χ4n) is 2.33. The lowest BCUT2D eigenvalue weighted by molar-refractivity contribution is -0.114. The van der Waals surface area contributed by atoms with Crippen LogP contribution in [0, 0.1) is 0 Å². The largest absolute Gasteiger partial charge is 0.494 e. The summed E-state index contributed by atoms with van der Waals surface area (Å²) in [7, 11) is 0. The molecule has 5 heteroatoms. The monoisotopic (exact) mass is 340 g/mol. The SMILES string of the molecule is CC(=O)Nc1ccc(OCCCCCNC(=O)c2ccccc2)cc1. The smallest absolute Gasteiger partial charge is 0.251 e. The lowest BCUT2D eigenvalue weighted by Crippen LogP contribution is -2.24. The number of ether oxygens (including phenoxy) is 1. The molecule has 0 aliphatic heterocycles. The maximum Gasteiger partial charge on any atom is 0.251 e. The van der Waals surface area contributed by atoms with Crippen molar-refractivity contribution >= 4 is 17.5 Å². The number of nitrogens with one attached hydrogen (secondary N) is 2. The summed E-state index contributed by atoms with van der Waals surface area (Å²) in [6.45, 7) is 2.78. The predicted octanol–water partition coefficient (Wildman–Crippen LogP) is 3.62. The van der Waals surface area contributed by atoms with Crippen LogP contribution in [0.4, 0.5) is 5.69 Å². The van der Waals surface area contributed by atoms with Gasteiger partial charge in [-0.05, 0) is 55.7 Å². The number of rotatable bonds is 9. The van der Waals surface area contributed by atoms with Crippen molar-refractivity contribution in [3.05, 3.63) is 60.2 Å². The van der Waals surface area contributed by atoms with Crippen molar-refractivity contribution in [3.63, 3.8) is 0 Å². The summed E-state index contributed by atoms with van der Waals surface area (Å²) in [6, 6.07) is 16.5. The standard InChI is InChI=1S/C20H24N2O3/c1-16(23)22-18-10-12-19(13-11-18)25-15-7-3-6-14-21-20(24)17-8-4-2-5-9-17/h2,4-5,8-13H,3,6-7,14-15H2,1H3,(H,21,24)(H,22,23). The molecule has 0 radical (unpaired) electrons. The third-order valence-electron chi connectivity index (χ3n) is 3.59. The Kier molecular flexibility index (Phi) is 7.50. The topological polar surface area (TPSA) is 67.4 Å². The molecular formula is C20H24N2O3. The number of anilines is 1. The van der Waals surface area contributed by atoms with Crippen LogP contribution in [0.5, 0.6) is 5.75 Å². The van der Waals surface area contributed by atoms with Crippen molar-refractivity contribution in [2.24, 2.45) is 0 Å². The molecule has 0 spiro atoms. The third kappa shape index (κ3) is 7.08. The fraction of sp³-hybridized carbons (Fsp3) is 0.300. The van der Waals surface area contributed by atoms with E-state index in [9.17, 15) is 9.59 Å². The number of benzene rings is 2. The molecule has 5 nitrogen and oxygen atoms in total. The van der Waals surface area contributed by atoms with Gasteiger partial charge >= 0.3 is 0 Å². The number of unbranched alkanes of at least 4 members (excludes halogenated alkanes) is 2. The van der Waals surface area contributed by atoms with Crippen LogP contribution in [0.2, 0.25) is 0 Å². The number of hydrogen-bond acceptors (Lipinski definition) is 3. The van der Waals surface area contributed by atoms with Gasteiger partial charge in [0, 0.05) is 24.7 Å². The number of carbonyl (C=O) groups excluding carboxylic acids is 2. The molecule has 0 heterocycles. The Balaban J connectivity index is 1.54. The second-order valence-electron chi connectivity index (χ2n) is 5.74. The quantitative estimate of drug-likeness (QED) is 0.685. The van der Waals surface area contributed by atoms with E-state index in [0.717, 1.165) is 30.7 Å². The molecule has 0 aliphatic carbocycles. The van der Waals surface area contributed by atoms with Gasteiger partial charge in [-0.1, -0.05) is 18.2 Å². The Morgan fingerprint density at radius 3 is 2.32 bits per heavy atom. The summed E-state index contributed by atoms with van der Waals surface area (Å²) in [4.78, 5) is 22.8. The Labute approximate surface area is 148 Å². The third-order valence-corrected chi connectivity index (χ3v) is 3.59. The second kappa shape index (κ2) is 10.1. The number of carbonyl (C=O) groups is 2. The molecule has 0 saturated heterocycles. The molecule has 2 rings (SSSR count). The van der Waals surface area contributed by atoms with Gasteiger partial charge in [0.2, 0.25) is 5.91 Å². The summed E-state index contributed by atoms with van der Waals surface area (Å²) >= 11 is 0. The number of hydrogen-bond donors (Lipinski definition) is 2. The summed E-state index contributed by atoms with van der Waals surface area (Å²) in [6.07, 6.45) is 2.83. The summed E-state index contributed by atoms with van der Waals surface area (Å²) in [5, 5.41) is 5.63. The van der Waals surface area contributed by atoms with E-state index in [1.54, 1.807) is 12.1 Å². The highest BCUT2D eigenvalue weighted by molar-refractivity contribution is 5.94. The Bertz CT molecular complexity index is 669. The molecule has 2 aromatic carbocycles. The molecule has 0 unspecified atom stereocenters. The highest BCUT2D eigenvalue weighted by Crippen LogP contribution is 2.16. The maximum absolute atomic E-state index is 11.9. The minimum Gasteiger partial charge on any atom is -0.494 e. The molecule has 0 fully saturated rings. The molecule has 132 valence electrons. The van der Waals surface area contributed by atoms with E-state index in [-0.39, 0.29) is 11.8 Å². The van der Waals surface area contributed by atoms with E-state index < -0.39 is 0 Å². The second-order valence-corrected chi connectivity index (χ2v) is 5.74. The van der Waals surface area contributed by atoms with Gasteiger partial charge in [-0.3, -0.25) is 9.59 Å². The summed E-state index contributed by atoms with van der Waals surface area (Å²) in [5.41, 5.74) is 1.45. The first-order valence-corrected chi connectivity index (χ1v) is 8.49. The highest BCUT2D eigenvalue weighted by atomic mass is 16.5. The molecule has 2 aromatic rings. The van der Waals surface area contributed by atoms with E-state index in [0.29, 0.717) is 18.7 Å². The van der Waals surface area contributed by atoms with Gasteiger partial charge in [-0.2, -0.15) is 0 Å². The Morgan fingerprint density at radius 2 is 1.64 bits per heavy atom. The van der Waals surface area contributed by atoms with Gasteiger partial charge < -0.3 is 15.4 Å². The van der Waals surface area contributed by atoms with Gasteiger partial charge in [0.25, 0.3) is 5.91 Å². The van der Waals surface area contributed by atoms with Crippen LogP contribution in [0.25, 0.3) is 0 Å². The molecule has 0 bridgehead atoms. The van der Waals surface area contributed by atoms with E-state index in [1.807, 2.05) is 42.5 Å².